The van der Waals surface area contributed by atoms with Crippen molar-refractivity contribution in [3.05, 3.63) is 48.1 Å². The smallest absolute Gasteiger partial charge is 0.182 e. The summed E-state index contributed by atoms with van der Waals surface area (Å²) in [6, 6.07) is 0. The van der Waals surface area contributed by atoms with Gasteiger partial charge in [0.1, 0.15) is 0 Å². The molecule has 1 nitrogen and oxygen atoms in total. The second-order valence-electron chi connectivity index (χ2n) is 5.73. The maximum Gasteiger partial charge on any atom is 0.182 e. The van der Waals surface area contributed by atoms with E-state index in [0.717, 1.165) is 24.8 Å². The van der Waals surface area contributed by atoms with Gasteiger partial charge < -0.3 is 0 Å². The Labute approximate surface area is 130 Å². The van der Waals surface area contributed by atoms with Crippen molar-refractivity contribution >= 4 is 5.78 Å². The van der Waals surface area contributed by atoms with Crippen LogP contribution in [0.5, 0.6) is 0 Å². The van der Waals surface area contributed by atoms with Gasteiger partial charge in [-0.25, -0.2) is 0 Å². The van der Waals surface area contributed by atoms with E-state index in [1.807, 2.05) is 12.2 Å². The summed E-state index contributed by atoms with van der Waals surface area (Å²) in [5.41, 5.74) is 0.946. The Balaban J connectivity index is 2.42. The van der Waals surface area contributed by atoms with E-state index in [1.54, 1.807) is 6.08 Å². The normalized spacial score (nSPS) is 20.6. The van der Waals surface area contributed by atoms with Crippen LogP contribution in [-0.2, 0) is 4.79 Å². The van der Waals surface area contributed by atoms with Crippen molar-refractivity contribution in [1.82, 2.24) is 0 Å². The van der Waals surface area contributed by atoms with Crippen molar-refractivity contribution < 1.29 is 4.79 Å². The molecule has 1 aliphatic carbocycles. The second kappa shape index (κ2) is 11.3. The van der Waals surface area contributed by atoms with E-state index >= 15 is 0 Å². The van der Waals surface area contributed by atoms with Crippen LogP contribution in [-0.4, -0.2) is 5.78 Å². The molecule has 0 fully saturated rings. The number of unbranched alkanes of at least 4 members (excludes halogenated alkanes) is 5. The highest BCUT2D eigenvalue weighted by atomic mass is 16.1. The van der Waals surface area contributed by atoms with Gasteiger partial charge in [-0.05, 0) is 31.8 Å². The molecular weight excluding hydrogens is 256 g/mol. The fourth-order valence-corrected chi connectivity index (χ4v) is 2.46. The lowest BCUT2D eigenvalue weighted by Gasteiger charge is -2.06. The van der Waals surface area contributed by atoms with Crippen LogP contribution in [0.4, 0.5) is 0 Å². The first-order chi connectivity index (χ1) is 10.3. The average Bonchev–Trinajstić information content (AvgIpc) is 2.83. The molecule has 21 heavy (non-hydrogen) atoms. The van der Waals surface area contributed by atoms with Crippen LogP contribution in [0.2, 0.25) is 0 Å². The summed E-state index contributed by atoms with van der Waals surface area (Å²) in [5.74, 6) is 0.454. The summed E-state index contributed by atoms with van der Waals surface area (Å²) in [5, 5.41) is 0. The molecule has 0 aliphatic heterocycles. The van der Waals surface area contributed by atoms with E-state index in [0.29, 0.717) is 0 Å². The molecule has 1 rings (SSSR count). The van der Waals surface area contributed by atoms with Gasteiger partial charge in [-0.2, -0.15) is 0 Å². The Hall–Kier alpha value is -1.37. The lowest BCUT2D eigenvalue weighted by molar-refractivity contribution is -0.111. The number of carbonyl (C=O) groups is 1. The van der Waals surface area contributed by atoms with E-state index in [1.165, 1.54) is 32.1 Å². The number of rotatable bonds is 10. The number of hydrogen-bond acceptors (Lipinski definition) is 1. The van der Waals surface area contributed by atoms with Crippen LogP contribution in [0.1, 0.15) is 65.2 Å². The largest absolute Gasteiger partial charge is 0.290 e. The Morgan fingerprint density at radius 1 is 1.00 bits per heavy atom. The molecule has 0 spiro atoms. The van der Waals surface area contributed by atoms with Crippen molar-refractivity contribution in [2.75, 3.05) is 0 Å². The van der Waals surface area contributed by atoms with E-state index in [2.05, 4.69) is 38.2 Å². The Morgan fingerprint density at radius 3 is 2.52 bits per heavy atom. The highest BCUT2D eigenvalue weighted by molar-refractivity contribution is 6.07. The van der Waals surface area contributed by atoms with Gasteiger partial charge in [-0.15, -0.1) is 0 Å². The van der Waals surface area contributed by atoms with Crippen molar-refractivity contribution in [2.45, 2.75) is 65.2 Å². The van der Waals surface area contributed by atoms with Crippen molar-refractivity contribution in [3.8, 4) is 0 Å². The minimum Gasteiger partial charge on any atom is -0.290 e. The van der Waals surface area contributed by atoms with Crippen molar-refractivity contribution in [2.24, 2.45) is 5.92 Å². The predicted molar refractivity (Wildman–Crippen MR) is 92.3 cm³/mol. The monoisotopic (exact) mass is 286 g/mol. The fourth-order valence-electron chi connectivity index (χ4n) is 2.46. The Kier molecular flexibility index (Phi) is 9.52. The molecule has 0 radical (unpaired) electrons. The molecule has 116 valence electrons. The molecule has 0 heterocycles. The standard InChI is InChI=1S/C20H30O/c1-3-5-7-9-11-13-15-19-18(16-17-20(19)21)14-12-10-8-6-4-2/h10-13,15-18H,3-9,14H2,1-2H3/b12-10+,13-11+,19-15+. The minimum absolute atomic E-state index is 0.181. The Bertz CT molecular complexity index is 410. The fraction of sp³-hybridized carbons (Fsp3) is 0.550. The maximum absolute atomic E-state index is 11.9. The van der Waals surface area contributed by atoms with Gasteiger partial charge in [0.2, 0.25) is 0 Å². The summed E-state index contributed by atoms with van der Waals surface area (Å²) in [6.45, 7) is 4.42. The molecule has 1 atom stereocenters. The number of allylic oxidation sites excluding steroid dienone is 8. The van der Waals surface area contributed by atoms with Crippen molar-refractivity contribution in [3.63, 3.8) is 0 Å². The van der Waals surface area contributed by atoms with Crippen LogP contribution < -0.4 is 0 Å². The number of carbonyl (C=O) groups excluding carboxylic acids is 1. The summed E-state index contributed by atoms with van der Waals surface area (Å²) >= 11 is 0. The zero-order chi connectivity index (χ0) is 15.3. The van der Waals surface area contributed by atoms with Crippen LogP contribution in [0, 0.1) is 5.92 Å². The first-order valence-corrected chi connectivity index (χ1v) is 8.53. The third-order valence-electron chi connectivity index (χ3n) is 3.83. The van der Waals surface area contributed by atoms with Gasteiger partial charge in [-0.1, -0.05) is 76.0 Å². The SMILES string of the molecule is CCCC/C=C/CC1C=CC(=O)/C1=C/C=C/CCCCC. The molecule has 1 heteroatoms. The molecule has 0 aromatic rings. The van der Waals surface area contributed by atoms with Gasteiger partial charge >= 0.3 is 0 Å². The molecule has 1 aliphatic rings. The molecular formula is C20H30O. The van der Waals surface area contributed by atoms with Crippen LogP contribution in [0.25, 0.3) is 0 Å². The predicted octanol–water partition coefficient (Wildman–Crippen LogP) is 5.94. The zero-order valence-electron chi connectivity index (χ0n) is 13.7. The zero-order valence-corrected chi connectivity index (χ0v) is 13.7. The average molecular weight is 286 g/mol. The highest BCUT2D eigenvalue weighted by Crippen LogP contribution is 2.25. The number of ketones is 1. The first kappa shape index (κ1) is 17.7. The molecule has 0 aromatic heterocycles. The summed E-state index contributed by atoms with van der Waals surface area (Å²) < 4.78 is 0. The van der Waals surface area contributed by atoms with Crippen LogP contribution in [0.15, 0.2) is 48.1 Å². The molecule has 0 N–H and O–H groups in total. The molecule has 0 amide bonds. The highest BCUT2D eigenvalue weighted by Gasteiger charge is 2.20. The third kappa shape index (κ3) is 7.27. The van der Waals surface area contributed by atoms with Crippen molar-refractivity contribution in [1.29, 1.82) is 0 Å². The van der Waals surface area contributed by atoms with E-state index in [4.69, 9.17) is 0 Å². The quantitative estimate of drug-likeness (QED) is 0.276. The molecule has 1 unspecified atom stereocenters. The van der Waals surface area contributed by atoms with Gasteiger partial charge in [0.25, 0.3) is 0 Å². The van der Waals surface area contributed by atoms with E-state index in [9.17, 15) is 4.79 Å². The van der Waals surface area contributed by atoms with Crippen LogP contribution >= 0.6 is 0 Å². The van der Waals surface area contributed by atoms with Gasteiger partial charge in [0.15, 0.2) is 5.78 Å². The lowest BCUT2D eigenvalue weighted by atomic mass is 9.97. The van der Waals surface area contributed by atoms with Gasteiger partial charge in [0, 0.05) is 11.5 Å². The Morgan fingerprint density at radius 2 is 1.76 bits per heavy atom. The van der Waals surface area contributed by atoms with E-state index < -0.39 is 0 Å². The molecule has 0 aromatic carbocycles. The topological polar surface area (TPSA) is 17.1 Å². The minimum atomic E-state index is 0.181. The van der Waals surface area contributed by atoms with E-state index in [-0.39, 0.29) is 11.7 Å². The molecule has 0 bridgehead atoms. The third-order valence-corrected chi connectivity index (χ3v) is 3.83. The van der Waals surface area contributed by atoms with Gasteiger partial charge in [-0.3, -0.25) is 4.79 Å². The first-order valence-electron chi connectivity index (χ1n) is 8.53. The summed E-state index contributed by atoms with van der Waals surface area (Å²) in [4.78, 5) is 11.9. The maximum atomic E-state index is 11.9. The summed E-state index contributed by atoms with van der Waals surface area (Å²) in [6.07, 6.45) is 24.0. The molecule has 0 saturated heterocycles. The van der Waals surface area contributed by atoms with Crippen LogP contribution in [0.3, 0.4) is 0 Å². The second-order valence-corrected chi connectivity index (χ2v) is 5.73. The van der Waals surface area contributed by atoms with Gasteiger partial charge in [0.05, 0.1) is 0 Å². The molecule has 0 saturated carbocycles. The number of hydrogen-bond donors (Lipinski definition) is 0. The summed E-state index contributed by atoms with van der Waals surface area (Å²) in [7, 11) is 0. The lowest BCUT2D eigenvalue weighted by Crippen LogP contribution is -2.01.